The summed E-state index contributed by atoms with van der Waals surface area (Å²) < 4.78 is 10.5. The summed E-state index contributed by atoms with van der Waals surface area (Å²) in [7, 11) is 0. The minimum absolute atomic E-state index is 0.112. The van der Waals surface area contributed by atoms with Crippen molar-refractivity contribution in [1.29, 1.82) is 0 Å². The molecule has 0 atom stereocenters. The van der Waals surface area contributed by atoms with E-state index < -0.39 is 0 Å². The van der Waals surface area contributed by atoms with Crippen LogP contribution in [0, 0.1) is 0 Å². The van der Waals surface area contributed by atoms with Gasteiger partial charge in [-0.25, -0.2) is 0 Å². The lowest BCUT2D eigenvalue weighted by molar-refractivity contribution is 0.0915. The molecule has 0 bridgehead atoms. The Morgan fingerprint density at radius 2 is 2.00 bits per heavy atom. The first-order valence-corrected chi connectivity index (χ1v) is 8.22. The molecule has 1 aliphatic rings. The number of benzene rings is 1. The summed E-state index contributed by atoms with van der Waals surface area (Å²) in [6.45, 7) is 2.25. The summed E-state index contributed by atoms with van der Waals surface area (Å²) in [5.41, 5.74) is 0.289. The van der Waals surface area contributed by atoms with Crippen molar-refractivity contribution >= 4 is 37.8 Å². The number of halogens is 2. The van der Waals surface area contributed by atoms with Gasteiger partial charge in [-0.1, -0.05) is 38.8 Å². The van der Waals surface area contributed by atoms with Crippen LogP contribution in [0.2, 0.25) is 0 Å². The molecule has 104 valence electrons. The molecule has 1 N–H and O–H groups in total. The van der Waals surface area contributed by atoms with E-state index in [-0.39, 0.29) is 18.2 Å². The van der Waals surface area contributed by atoms with Crippen LogP contribution in [0.15, 0.2) is 18.2 Å². The second-order valence-corrected chi connectivity index (χ2v) is 5.54. The first-order chi connectivity index (χ1) is 9.14. The molecule has 2 rings (SSSR count). The average Bonchev–Trinajstić information content (AvgIpc) is 2.92. The van der Waals surface area contributed by atoms with E-state index in [1.54, 1.807) is 18.2 Å². The monoisotopic (exact) mass is 391 g/mol. The van der Waals surface area contributed by atoms with Gasteiger partial charge in [0.15, 0.2) is 11.5 Å². The van der Waals surface area contributed by atoms with Gasteiger partial charge in [-0.2, -0.15) is 0 Å². The smallest absolute Gasteiger partial charge is 0.251 e. The average molecular weight is 393 g/mol. The van der Waals surface area contributed by atoms with Gasteiger partial charge in [0.25, 0.3) is 5.91 Å². The maximum absolute atomic E-state index is 12.3. The number of hydrogen-bond acceptors (Lipinski definition) is 3. The second-order valence-electron chi connectivity index (χ2n) is 4.42. The van der Waals surface area contributed by atoms with Gasteiger partial charge in [-0.15, -0.1) is 0 Å². The third kappa shape index (κ3) is 3.05. The van der Waals surface area contributed by atoms with Crippen molar-refractivity contribution in [3.8, 4) is 11.5 Å². The largest absolute Gasteiger partial charge is 0.454 e. The number of fused-ring (bicyclic) bond motifs is 1. The molecule has 1 aliphatic heterocycles. The summed E-state index contributed by atoms with van der Waals surface area (Å²) in [5, 5.41) is 4.44. The lowest BCUT2D eigenvalue weighted by Crippen LogP contribution is -2.51. The van der Waals surface area contributed by atoms with Gasteiger partial charge in [0, 0.05) is 16.2 Å². The number of amides is 1. The number of carbonyl (C=O) groups is 1. The zero-order valence-electron chi connectivity index (χ0n) is 10.5. The van der Waals surface area contributed by atoms with E-state index in [9.17, 15) is 4.79 Å². The number of hydrogen-bond donors (Lipinski definition) is 1. The molecule has 0 fully saturated rings. The number of alkyl halides is 2. The summed E-state index contributed by atoms with van der Waals surface area (Å²) in [5.74, 6) is 1.19. The molecule has 6 heteroatoms. The van der Waals surface area contributed by atoms with Crippen LogP contribution in [0.4, 0.5) is 0 Å². The number of carbonyl (C=O) groups excluding carboxylic acids is 1. The Bertz CT molecular complexity index is 467. The Kier molecular flexibility index (Phi) is 4.73. The third-order valence-electron chi connectivity index (χ3n) is 3.20. The fraction of sp³-hybridized carbons (Fsp3) is 0.462. The predicted molar refractivity (Wildman–Crippen MR) is 80.6 cm³/mol. The normalized spacial score (nSPS) is 13.4. The highest BCUT2D eigenvalue weighted by molar-refractivity contribution is 9.09. The van der Waals surface area contributed by atoms with Crippen molar-refractivity contribution in [1.82, 2.24) is 5.32 Å². The Hall–Kier alpha value is -0.750. The lowest BCUT2D eigenvalue weighted by Gasteiger charge is -2.30. The zero-order valence-corrected chi connectivity index (χ0v) is 13.7. The molecule has 1 heterocycles. The van der Waals surface area contributed by atoms with Gasteiger partial charge in [-0.05, 0) is 24.6 Å². The molecule has 4 nitrogen and oxygen atoms in total. The zero-order chi connectivity index (χ0) is 13.9. The molecule has 19 heavy (non-hydrogen) atoms. The Balaban J connectivity index is 2.16. The Morgan fingerprint density at radius 3 is 2.63 bits per heavy atom. The molecular weight excluding hydrogens is 378 g/mol. The van der Waals surface area contributed by atoms with Crippen LogP contribution in [0.5, 0.6) is 11.5 Å². The van der Waals surface area contributed by atoms with Crippen molar-refractivity contribution in [3.05, 3.63) is 23.8 Å². The predicted octanol–water partition coefficient (Wildman–Crippen LogP) is 3.08. The maximum atomic E-state index is 12.3. The van der Waals surface area contributed by atoms with Crippen molar-refractivity contribution in [2.24, 2.45) is 0 Å². The molecule has 0 aromatic heterocycles. The van der Waals surface area contributed by atoms with E-state index in [2.05, 4.69) is 37.2 Å². The molecule has 0 unspecified atom stereocenters. The van der Waals surface area contributed by atoms with E-state index in [1.807, 2.05) is 6.92 Å². The van der Waals surface area contributed by atoms with Gasteiger partial charge in [-0.3, -0.25) is 4.79 Å². The quantitative estimate of drug-likeness (QED) is 0.783. The highest BCUT2D eigenvalue weighted by Gasteiger charge is 2.28. The van der Waals surface area contributed by atoms with Crippen LogP contribution in [0.1, 0.15) is 23.7 Å². The van der Waals surface area contributed by atoms with E-state index >= 15 is 0 Å². The van der Waals surface area contributed by atoms with Gasteiger partial charge >= 0.3 is 0 Å². The first-order valence-electron chi connectivity index (χ1n) is 5.98. The summed E-state index contributed by atoms with van der Waals surface area (Å²) >= 11 is 6.91. The van der Waals surface area contributed by atoms with Crippen molar-refractivity contribution < 1.29 is 14.3 Å². The fourth-order valence-corrected chi connectivity index (χ4v) is 3.73. The van der Waals surface area contributed by atoms with Gasteiger partial charge in [0.2, 0.25) is 6.79 Å². The molecule has 0 radical (unpaired) electrons. The summed E-state index contributed by atoms with van der Waals surface area (Å²) in [6, 6.07) is 5.21. The Morgan fingerprint density at radius 1 is 1.32 bits per heavy atom. The van der Waals surface area contributed by atoms with E-state index in [4.69, 9.17) is 9.47 Å². The molecule has 0 aliphatic carbocycles. The third-order valence-corrected chi connectivity index (χ3v) is 5.35. The number of nitrogens with one attached hydrogen (secondary N) is 1. The minimum atomic E-state index is -0.284. The molecule has 1 amide bonds. The minimum Gasteiger partial charge on any atom is -0.454 e. The van der Waals surface area contributed by atoms with Crippen LogP contribution in [-0.2, 0) is 0 Å². The Labute approximate surface area is 129 Å². The van der Waals surface area contributed by atoms with Crippen molar-refractivity contribution in [2.45, 2.75) is 18.9 Å². The van der Waals surface area contributed by atoms with Crippen LogP contribution < -0.4 is 14.8 Å². The standard InChI is InChI=1S/C13H15Br2NO3/c1-2-13(6-14,7-15)16-12(17)9-3-4-10-11(5-9)19-8-18-10/h3-5H,2,6-8H2,1H3,(H,16,17). The van der Waals surface area contributed by atoms with E-state index in [0.717, 1.165) is 6.42 Å². The molecular formula is C13H15Br2NO3. The molecule has 1 aromatic rings. The molecule has 1 aromatic carbocycles. The topological polar surface area (TPSA) is 47.6 Å². The van der Waals surface area contributed by atoms with Gasteiger partial charge in [0.1, 0.15) is 0 Å². The highest BCUT2D eigenvalue weighted by atomic mass is 79.9. The van der Waals surface area contributed by atoms with Gasteiger partial charge in [0.05, 0.1) is 5.54 Å². The second kappa shape index (κ2) is 6.13. The van der Waals surface area contributed by atoms with Crippen molar-refractivity contribution in [2.75, 3.05) is 17.5 Å². The number of rotatable bonds is 5. The molecule has 0 spiro atoms. The van der Waals surface area contributed by atoms with E-state index in [0.29, 0.717) is 27.7 Å². The van der Waals surface area contributed by atoms with Crippen LogP contribution in [-0.4, -0.2) is 28.9 Å². The van der Waals surface area contributed by atoms with Crippen LogP contribution in [0.3, 0.4) is 0 Å². The SMILES string of the molecule is CCC(CBr)(CBr)NC(=O)c1ccc2c(c1)OCO2. The molecule has 0 saturated carbocycles. The fourth-order valence-electron chi connectivity index (χ4n) is 1.73. The summed E-state index contributed by atoms with van der Waals surface area (Å²) in [6.07, 6.45) is 0.833. The number of ether oxygens (including phenoxy) is 2. The highest BCUT2D eigenvalue weighted by Crippen LogP contribution is 2.32. The summed E-state index contributed by atoms with van der Waals surface area (Å²) in [4.78, 5) is 12.3. The lowest BCUT2D eigenvalue weighted by atomic mass is 10.0. The van der Waals surface area contributed by atoms with Crippen LogP contribution >= 0.6 is 31.9 Å². The van der Waals surface area contributed by atoms with Gasteiger partial charge < -0.3 is 14.8 Å². The maximum Gasteiger partial charge on any atom is 0.251 e. The van der Waals surface area contributed by atoms with E-state index in [1.165, 1.54) is 0 Å². The van der Waals surface area contributed by atoms with Crippen molar-refractivity contribution in [3.63, 3.8) is 0 Å². The van der Waals surface area contributed by atoms with Crippen LogP contribution in [0.25, 0.3) is 0 Å². The first kappa shape index (κ1) is 14.7. The molecule has 0 saturated heterocycles.